The Hall–Kier alpha value is -0.340. The molecule has 0 saturated heterocycles. The number of halogens is 1. The summed E-state index contributed by atoms with van der Waals surface area (Å²) in [6, 6.07) is 2.19. The monoisotopic (exact) mass is 479 g/mol. The first-order valence-electron chi connectivity index (χ1n) is 9.39. The fourth-order valence-electron chi connectivity index (χ4n) is 3.39. The number of thiophene rings is 1. The molecule has 1 saturated carbocycles. The number of hydrogen-bond donors (Lipinski definition) is 2. The third kappa shape index (κ3) is 8.26. The van der Waals surface area contributed by atoms with E-state index in [4.69, 9.17) is 9.73 Å². The highest BCUT2D eigenvalue weighted by atomic mass is 127. The van der Waals surface area contributed by atoms with Gasteiger partial charge < -0.3 is 15.4 Å². The Balaban J connectivity index is 0.00000312. The Labute approximate surface area is 174 Å². The summed E-state index contributed by atoms with van der Waals surface area (Å²) < 4.78 is 5.60. The first-order valence-corrected chi connectivity index (χ1v) is 10.3. The normalized spacial score (nSPS) is 16.5. The highest BCUT2D eigenvalue weighted by Crippen LogP contribution is 2.41. The van der Waals surface area contributed by atoms with Crippen LogP contribution in [-0.2, 0) is 11.2 Å². The third-order valence-corrected chi connectivity index (χ3v) is 5.58. The SMILES string of the molecule is CCNC(=NCC1(CCOCC)CCCC1)NCCc1ccsc1.I. The maximum Gasteiger partial charge on any atom is 0.191 e. The number of ether oxygens (including phenoxy) is 1. The third-order valence-electron chi connectivity index (χ3n) is 4.85. The lowest BCUT2D eigenvalue weighted by atomic mass is 9.83. The van der Waals surface area contributed by atoms with Crippen LogP contribution in [0.4, 0.5) is 0 Å². The van der Waals surface area contributed by atoms with Crippen molar-refractivity contribution in [2.75, 3.05) is 32.8 Å². The molecule has 0 atom stereocenters. The van der Waals surface area contributed by atoms with Gasteiger partial charge in [-0.1, -0.05) is 12.8 Å². The predicted molar refractivity (Wildman–Crippen MR) is 119 cm³/mol. The Bertz CT molecular complexity index is 473. The Morgan fingerprint density at radius 3 is 2.72 bits per heavy atom. The van der Waals surface area contributed by atoms with E-state index in [1.807, 2.05) is 0 Å². The molecule has 0 radical (unpaired) electrons. The van der Waals surface area contributed by atoms with Crippen molar-refractivity contribution >= 4 is 41.3 Å². The first kappa shape index (κ1) is 22.7. The second-order valence-electron chi connectivity index (χ2n) is 6.66. The summed E-state index contributed by atoms with van der Waals surface area (Å²) in [7, 11) is 0. The molecule has 0 bridgehead atoms. The lowest BCUT2D eigenvalue weighted by Gasteiger charge is -2.27. The number of nitrogens with zero attached hydrogens (tertiary/aromatic N) is 1. The van der Waals surface area contributed by atoms with Crippen LogP contribution in [0.1, 0.15) is 51.5 Å². The van der Waals surface area contributed by atoms with Crippen LogP contribution in [0.3, 0.4) is 0 Å². The van der Waals surface area contributed by atoms with Crippen molar-refractivity contribution in [2.24, 2.45) is 10.4 Å². The van der Waals surface area contributed by atoms with Crippen LogP contribution in [-0.4, -0.2) is 38.8 Å². The van der Waals surface area contributed by atoms with Gasteiger partial charge >= 0.3 is 0 Å². The summed E-state index contributed by atoms with van der Waals surface area (Å²) in [5.41, 5.74) is 1.75. The molecule has 0 aliphatic heterocycles. The topological polar surface area (TPSA) is 45.7 Å². The molecule has 1 aromatic rings. The summed E-state index contributed by atoms with van der Waals surface area (Å²) in [6.07, 6.45) is 7.44. The summed E-state index contributed by atoms with van der Waals surface area (Å²) in [4.78, 5) is 4.91. The van der Waals surface area contributed by atoms with Crippen LogP contribution in [0.2, 0.25) is 0 Å². The summed E-state index contributed by atoms with van der Waals surface area (Å²) >= 11 is 1.76. The zero-order chi connectivity index (χ0) is 17.1. The molecule has 0 aromatic carbocycles. The quantitative estimate of drug-likeness (QED) is 0.226. The van der Waals surface area contributed by atoms with E-state index in [9.17, 15) is 0 Å². The second-order valence-corrected chi connectivity index (χ2v) is 7.44. The molecule has 1 aliphatic rings. The Morgan fingerprint density at radius 1 is 1.28 bits per heavy atom. The van der Waals surface area contributed by atoms with E-state index in [1.165, 1.54) is 31.2 Å². The zero-order valence-corrected chi connectivity index (χ0v) is 18.8. The van der Waals surface area contributed by atoms with Crippen LogP contribution in [0.5, 0.6) is 0 Å². The van der Waals surface area contributed by atoms with E-state index in [2.05, 4.69) is 41.3 Å². The van der Waals surface area contributed by atoms with E-state index in [0.29, 0.717) is 5.41 Å². The van der Waals surface area contributed by atoms with Gasteiger partial charge in [0.2, 0.25) is 0 Å². The number of nitrogens with one attached hydrogen (secondary N) is 2. The smallest absolute Gasteiger partial charge is 0.191 e. The van der Waals surface area contributed by atoms with E-state index >= 15 is 0 Å². The molecular weight excluding hydrogens is 445 g/mol. The highest BCUT2D eigenvalue weighted by molar-refractivity contribution is 14.0. The van der Waals surface area contributed by atoms with Crippen molar-refractivity contribution in [3.63, 3.8) is 0 Å². The Kier molecular flexibility index (Phi) is 11.7. The molecule has 0 amide bonds. The van der Waals surface area contributed by atoms with Crippen molar-refractivity contribution in [2.45, 2.75) is 52.4 Å². The molecule has 1 aromatic heterocycles. The molecule has 0 unspecified atom stereocenters. The van der Waals surface area contributed by atoms with Gasteiger partial charge in [0.25, 0.3) is 0 Å². The fourth-order valence-corrected chi connectivity index (χ4v) is 4.10. The van der Waals surface area contributed by atoms with Gasteiger partial charge in [-0.3, -0.25) is 4.99 Å². The number of guanidine groups is 1. The van der Waals surface area contributed by atoms with Gasteiger partial charge in [-0.15, -0.1) is 24.0 Å². The summed E-state index contributed by atoms with van der Waals surface area (Å²) in [6.45, 7) is 8.61. The minimum Gasteiger partial charge on any atom is -0.382 e. The largest absolute Gasteiger partial charge is 0.382 e. The molecule has 4 nitrogen and oxygen atoms in total. The van der Waals surface area contributed by atoms with Gasteiger partial charge in [-0.2, -0.15) is 11.3 Å². The van der Waals surface area contributed by atoms with Gasteiger partial charge in [-0.05, 0) is 67.3 Å². The molecule has 25 heavy (non-hydrogen) atoms. The maximum atomic E-state index is 5.60. The minimum atomic E-state index is 0. The molecule has 1 heterocycles. The second kappa shape index (κ2) is 12.9. The van der Waals surface area contributed by atoms with Crippen molar-refractivity contribution in [3.05, 3.63) is 22.4 Å². The van der Waals surface area contributed by atoms with Crippen LogP contribution >= 0.6 is 35.3 Å². The van der Waals surface area contributed by atoms with E-state index in [-0.39, 0.29) is 24.0 Å². The van der Waals surface area contributed by atoms with Crippen molar-refractivity contribution in [1.82, 2.24) is 10.6 Å². The number of hydrogen-bond acceptors (Lipinski definition) is 3. The van der Waals surface area contributed by atoms with Crippen molar-refractivity contribution in [1.29, 1.82) is 0 Å². The standard InChI is InChI=1S/C19H33N3OS.HI/c1-3-20-18(21-12-7-17-8-14-24-15-17)22-16-19(9-5-6-10-19)11-13-23-4-2;/h8,14-15H,3-7,9-13,16H2,1-2H3,(H2,20,21,22);1H. The predicted octanol–water partition coefficient (Wildman–Crippen LogP) is 4.45. The molecule has 1 fully saturated rings. The molecular formula is C19H34IN3OS. The molecule has 0 spiro atoms. The average molecular weight is 479 g/mol. The lowest BCUT2D eigenvalue weighted by molar-refractivity contribution is 0.107. The highest BCUT2D eigenvalue weighted by Gasteiger charge is 2.33. The van der Waals surface area contributed by atoms with Crippen LogP contribution in [0.25, 0.3) is 0 Å². The van der Waals surface area contributed by atoms with Gasteiger partial charge in [0.05, 0.1) is 0 Å². The fraction of sp³-hybridized carbons (Fsp3) is 0.737. The molecule has 144 valence electrons. The molecule has 1 aliphatic carbocycles. The van der Waals surface area contributed by atoms with E-state index < -0.39 is 0 Å². The van der Waals surface area contributed by atoms with Crippen LogP contribution in [0.15, 0.2) is 21.8 Å². The Morgan fingerprint density at radius 2 is 2.08 bits per heavy atom. The van der Waals surface area contributed by atoms with Crippen LogP contribution in [0, 0.1) is 5.41 Å². The first-order chi connectivity index (χ1) is 11.8. The van der Waals surface area contributed by atoms with Gasteiger partial charge in [-0.25, -0.2) is 0 Å². The minimum absolute atomic E-state index is 0. The van der Waals surface area contributed by atoms with E-state index in [0.717, 1.165) is 51.6 Å². The van der Waals surface area contributed by atoms with Crippen molar-refractivity contribution < 1.29 is 4.74 Å². The number of rotatable bonds is 10. The van der Waals surface area contributed by atoms with Crippen molar-refractivity contribution in [3.8, 4) is 0 Å². The van der Waals surface area contributed by atoms with Gasteiger partial charge in [0, 0.05) is 32.8 Å². The zero-order valence-electron chi connectivity index (χ0n) is 15.7. The molecule has 2 N–H and O–H groups in total. The van der Waals surface area contributed by atoms with Crippen LogP contribution < -0.4 is 10.6 Å². The van der Waals surface area contributed by atoms with Gasteiger partial charge in [0.1, 0.15) is 0 Å². The molecule has 2 rings (SSSR count). The summed E-state index contributed by atoms with van der Waals surface area (Å²) in [5.74, 6) is 0.954. The van der Waals surface area contributed by atoms with E-state index in [1.54, 1.807) is 11.3 Å². The lowest BCUT2D eigenvalue weighted by Crippen LogP contribution is -2.39. The summed E-state index contributed by atoms with van der Waals surface area (Å²) in [5, 5.41) is 11.2. The number of aliphatic imine (C=N–C) groups is 1. The molecule has 6 heteroatoms. The van der Waals surface area contributed by atoms with Gasteiger partial charge in [0.15, 0.2) is 5.96 Å². The average Bonchev–Trinajstić information content (AvgIpc) is 3.25. The maximum absolute atomic E-state index is 5.60.